The monoisotopic (exact) mass is 280 g/mol. The number of nitrogens with zero attached hydrogens (tertiary/aromatic N) is 2. The van der Waals surface area contributed by atoms with Gasteiger partial charge in [0.2, 0.25) is 5.91 Å². The van der Waals surface area contributed by atoms with E-state index in [0.29, 0.717) is 24.9 Å². The number of rotatable bonds is 3. The van der Waals surface area contributed by atoms with Gasteiger partial charge in [-0.3, -0.25) is 14.5 Å². The van der Waals surface area contributed by atoms with Crippen LogP contribution < -0.4 is 0 Å². The number of carbonyl (C=O) groups is 2. The number of fused-ring (bicyclic) bond motifs is 2. The molecule has 2 saturated carbocycles. The molecule has 0 aromatic carbocycles. The third-order valence-electron chi connectivity index (χ3n) is 5.31. The molecule has 5 nitrogen and oxygen atoms in total. The molecular weight excluding hydrogens is 256 g/mol. The maximum Gasteiger partial charge on any atom is 0.317 e. The summed E-state index contributed by atoms with van der Waals surface area (Å²) in [5, 5.41) is 8.85. The molecule has 3 unspecified atom stereocenters. The highest BCUT2D eigenvalue weighted by Crippen LogP contribution is 2.48. The predicted molar refractivity (Wildman–Crippen MR) is 74.2 cm³/mol. The van der Waals surface area contributed by atoms with Crippen molar-refractivity contribution in [3.63, 3.8) is 0 Å². The summed E-state index contributed by atoms with van der Waals surface area (Å²) in [7, 11) is 0. The van der Waals surface area contributed by atoms with Crippen molar-refractivity contribution in [1.29, 1.82) is 0 Å². The Morgan fingerprint density at radius 3 is 2.55 bits per heavy atom. The van der Waals surface area contributed by atoms with Crippen LogP contribution in [0.3, 0.4) is 0 Å². The van der Waals surface area contributed by atoms with Crippen molar-refractivity contribution >= 4 is 11.9 Å². The van der Waals surface area contributed by atoms with Crippen LogP contribution in [0.15, 0.2) is 0 Å². The van der Waals surface area contributed by atoms with Crippen LogP contribution in [0.1, 0.15) is 32.1 Å². The van der Waals surface area contributed by atoms with E-state index in [1.165, 1.54) is 19.3 Å². The standard InChI is InChI=1S/C15H24N2O3/c18-14(19)10-16-4-1-5-17(7-6-16)15(20)13-9-11-2-3-12(13)8-11/h11-13H,1-10H2,(H,18,19). The van der Waals surface area contributed by atoms with Gasteiger partial charge in [0.05, 0.1) is 6.54 Å². The van der Waals surface area contributed by atoms with E-state index in [1.54, 1.807) is 0 Å². The summed E-state index contributed by atoms with van der Waals surface area (Å²) >= 11 is 0. The molecule has 2 bridgehead atoms. The molecule has 3 rings (SSSR count). The van der Waals surface area contributed by atoms with Gasteiger partial charge in [0.25, 0.3) is 0 Å². The molecule has 3 atom stereocenters. The quantitative estimate of drug-likeness (QED) is 0.839. The maximum absolute atomic E-state index is 12.7. The van der Waals surface area contributed by atoms with Gasteiger partial charge in [-0.25, -0.2) is 0 Å². The summed E-state index contributed by atoms with van der Waals surface area (Å²) in [4.78, 5) is 27.4. The number of carboxylic acids is 1. The van der Waals surface area contributed by atoms with E-state index in [4.69, 9.17) is 5.11 Å². The van der Waals surface area contributed by atoms with Gasteiger partial charge in [-0.15, -0.1) is 0 Å². The zero-order chi connectivity index (χ0) is 14.1. The summed E-state index contributed by atoms with van der Waals surface area (Å²) in [6.45, 7) is 3.06. The summed E-state index contributed by atoms with van der Waals surface area (Å²) in [6, 6.07) is 0. The lowest BCUT2D eigenvalue weighted by atomic mass is 9.87. The van der Waals surface area contributed by atoms with Crippen molar-refractivity contribution in [1.82, 2.24) is 9.80 Å². The SMILES string of the molecule is O=C(O)CN1CCCN(C(=O)C2CC3CCC2C3)CC1. The van der Waals surface area contributed by atoms with Crippen LogP contribution in [0.5, 0.6) is 0 Å². The smallest absolute Gasteiger partial charge is 0.317 e. The van der Waals surface area contributed by atoms with E-state index < -0.39 is 5.97 Å². The molecule has 0 aromatic heterocycles. The van der Waals surface area contributed by atoms with Gasteiger partial charge in [0, 0.05) is 32.1 Å². The van der Waals surface area contributed by atoms with E-state index in [1.807, 2.05) is 9.80 Å². The maximum atomic E-state index is 12.7. The Morgan fingerprint density at radius 2 is 1.90 bits per heavy atom. The van der Waals surface area contributed by atoms with Gasteiger partial charge in [0.15, 0.2) is 0 Å². The topological polar surface area (TPSA) is 60.9 Å². The Labute approximate surface area is 119 Å². The minimum atomic E-state index is -0.780. The lowest BCUT2D eigenvalue weighted by molar-refractivity contribution is -0.138. The average molecular weight is 280 g/mol. The van der Waals surface area contributed by atoms with Crippen LogP contribution >= 0.6 is 0 Å². The summed E-state index contributed by atoms with van der Waals surface area (Å²) < 4.78 is 0. The second-order valence-electron chi connectivity index (χ2n) is 6.63. The van der Waals surface area contributed by atoms with Gasteiger partial charge in [-0.05, 0) is 37.5 Å². The molecule has 112 valence electrons. The highest BCUT2D eigenvalue weighted by Gasteiger charge is 2.44. The van der Waals surface area contributed by atoms with Gasteiger partial charge < -0.3 is 10.0 Å². The lowest BCUT2D eigenvalue weighted by Crippen LogP contribution is -2.41. The van der Waals surface area contributed by atoms with Crippen LogP contribution in [-0.2, 0) is 9.59 Å². The van der Waals surface area contributed by atoms with Crippen molar-refractivity contribution in [3.8, 4) is 0 Å². The largest absolute Gasteiger partial charge is 0.480 e. The van der Waals surface area contributed by atoms with E-state index in [9.17, 15) is 9.59 Å². The highest BCUT2D eigenvalue weighted by molar-refractivity contribution is 5.79. The predicted octanol–water partition coefficient (Wildman–Crippen LogP) is 1.04. The third-order valence-corrected chi connectivity index (χ3v) is 5.31. The minimum Gasteiger partial charge on any atom is -0.480 e. The molecule has 1 saturated heterocycles. The number of amides is 1. The first kappa shape index (κ1) is 13.9. The minimum absolute atomic E-state index is 0.0934. The number of carboxylic acid groups (broad SMARTS) is 1. The zero-order valence-electron chi connectivity index (χ0n) is 12.0. The first-order chi connectivity index (χ1) is 9.63. The molecule has 1 heterocycles. The summed E-state index contributed by atoms with van der Waals surface area (Å²) in [5.74, 6) is 1.25. The second-order valence-corrected chi connectivity index (χ2v) is 6.63. The lowest BCUT2D eigenvalue weighted by Gasteiger charge is -2.28. The molecule has 0 aromatic rings. The molecule has 1 N–H and O–H groups in total. The molecular formula is C15H24N2O3. The fraction of sp³-hybridized carbons (Fsp3) is 0.867. The van der Waals surface area contributed by atoms with Gasteiger partial charge in [-0.2, -0.15) is 0 Å². The first-order valence-corrected chi connectivity index (χ1v) is 7.86. The third kappa shape index (κ3) is 2.82. The molecule has 20 heavy (non-hydrogen) atoms. The van der Waals surface area contributed by atoms with Crippen molar-refractivity contribution < 1.29 is 14.7 Å². The van der Waals surface area contributed by atoms with E-state index >= 15 is 0 Å². The van der Waals surface area contributed by atoms with Gasteiger partial charge >= 0.3 is 5.97 Å². The normalized spacial score (nSPS) is 34.2. The molecule has 2 aliphatic carbocycles. The highest BCUT2D eigenvalue weighted by atomic mass is 16.4. The van der Waals surface area contributed by atoms with Crippen molar-refractivity contribution in [2.75, 3.05) is 32.7 Å². The van der Waals surface area contributed by atoms with Crippen LogP contribution in [0.4, 0.5) is 0 Å². The van der Waals surface area contributed by atoms with E-state index in [0.717, 1.165) is 31.8 Å². The number of hydrogen-bond acceptors (Lipinski definition) is 3. The van der Waals surface area contributed by atoms with Gasteiger partial charge in [-0.1, -0.05) is 6.42 Å². The van der Waals surface area contributed by atoms with Crippen LogP contribution in [0, 0.1) is 17.8 Å². The molecule has 1 amide bonds. The molecule has 3 fully saturated rings. The van der Waals surface area contributed by atoms with Crippen LogP contribution in [0.2, 0.25) is 0 Å². The van der Waals surface area contributed by atoms with Crippen molar-refractivity contribution in [2.45, 2.75) is 32.1 Å². The van der Waals surface area contributed by atoms with Crippen molar-refractivity contribution in [3.05, 3.63) is 0 Å². The molecule has 1 aliphatic heterocycles. The number of hydrogen-bond donors (Lipinski definition) is 1. The molecule has 0 spiro atoms. The fourth-order valence-corrected chi connectivity index (χ4v) is 4.32. The number of carbonyl (C=O) groups excluding carboxylic acids is 1. The average Bonchev–Trinajstić information content (AvgIpc) is 2.96. The Balaban J connectivity index is 1.55. The molecule has 3 aliphatic rings. The van der Waals surface area contributed by atoms with Gasteiger partial charge in [0.1, 0.15) is 0 Å². The van der Waals surface area contributed by atoms with E-state index in [-0.39, 0.29) is 12.5 Å². The van der Waals surface area contributed by atoms with Crippen molar-refractivity contribution in [2.24, 2.45) is 17.8 Å². The number of aliphatic carboxylic acids is 1. The Morgan fingerprint density at radius 1 is 1.05 bits per heavy atom. The zero-order valence-corrected chi connectivity index (χ0v) is 12.0. The molecule has 5 heteroatoms. The fourth-order valence-electron chi connectivity index (χ4n) is 4.32. The Bertz CT molecular complexity index is 399. The Hall–Kier alpha value is -1.10. The molecule has 0 radical (unpaired) electrons. The summed E-state index contributed by atoms with van der Waals surface area (Å²) in [6.07, 6.45) is 5.80. The first-order valence-electron chi connectivity index (χ1n) is 7.86. The Kier molecular flexibility index (Phi) is 3.96. The summed E-state index contributed by atoms with van der Waals surface area (Å²) in [5.41, 5.74) is 0. The second kappa shape index (κ2) is 5.72. The van der Waals surface area contributed by atoms with Crippen LogP contribution in [-0.4, -0.2) is 59.5 Å². The van der Waals surface area contributed by atoms with Crippen LogP contribution in [0.25, 0.3) is 0 Å². The van der Waals surface area contributed by atoms with E-state index in [2.05, 4.69) is 0 Å².